The monoisotopic (exact) mass is 497 g/mol. The molecule has 0 saturated carbocycles. The number of benzene rings is 6. The number of para-hydroxylation sites is 1. The third-order valence-electron chi connectivity index (χ3n) is 9.35. The average Bonchev–Trinajstić information content (AvgIpc) is 3.59. The smallest absolute Gasteiger partial charge is 0.0544 e. The van der Waals surface area contributed by atoms with Gasteiger partial charge in [0.25, 0.3) is 0 Å². The minimum Gasteiger partial charge on any atom is -0.309 e. The van der Waals surface area contributed by atoms with Crippen LogP contribution in [-0.2, 0) is 11.8 Å². The minimum atomic E-state index is -0.120. The van der Waals surface area contributed by atoms with Crippen molar-refractivity contribution in [3.8, 4) is 27.9 Å². The van der Waals surface area contributed by atoms with Crippen LogP contribution in [0.25, 0.3) is 60.5 Å². The number of hydrogen-bond donors (Lipinski definition) is 0. The topological polar surface area (TPSA) is 4.93 Å². The van der Waals surface area contributed by atoms with Gasteiger partial charge in [-0.15, -0.1) is 0 Å². The second-order valence-corrected chi connectivity index (χ2v) is 11.7. The normalized spacial score (nSPS) is 14.5. The molecule has 1 heteroatoms. The molecular formula is C38H27N. The second kappa shape index (κ2) is 7.27. The van der Waals surface area contributed by atoms with Gasteiger partial charge in [-0.1, -0.05) is 111 Å². The highest BCUT2D eigenvalue weighted by molar-refractivity contribution is 6.15. The van der Waals surface area contributed by atoms with Gasteiger partial charge in [0.1, 0.15) is 0 Å². The predicted molar refractivity (Wildman–Crippen MR) is 164 cm³/mol. The summed E-state index contributed by atoms with van der Waals surface area (Å²) in [6.07, 6.45) is 1.00. The van der Waals surface area contributed by atoms with Gasteiger partial charge >= 0.3 is 0 Å². The molecule has 0 N–H and O–H groups in total. The van der Waals surface area contributed by atoms with Crippen molar-refractivity contribution in [2.24, 2.45) is 0 Å². The van der Waals surface area contributed by atoms with E-state index < -0.39 is 0 Å². The quantitative estimate of drug-likeness (QED) is 0.213. The van der Waals surface area contributed by atoms with Crippen LogP contribution >= 0.6 is 0 Å². The van der Waals surface area contributed by atoms with Gasteiger partial charge in [0.2, 0.25) is 0 Å². The summed E-state index contributed by atoms with van der Waals surface area (Å²) in [5, 5.41) is 5.40. The molecule has 2 aliphatic carbocycles. The summed E-state index contributed by atoms with van der Waals surface area (Å²) in [5.74, 6) is 0. The van der Waals surface area contributed by atoms with E-state index in [1.54, 1.807) is 0 Å². The Kier molecular flexibility index (Phi) is 3.98. The molecule has 7 aromatic rings. The Morgan fingerprint density at radius 1 is 0.538 bits per heavy atom. The van der Waals surface area contributed by atoms with E-state index in [2.05, 4.69) is 134 Å². The zero-order valence-electron chi connectivity index (χ0n) is 22.1. The Hall–Kier alpha value is -4.62. The van der Waals surface area contributed by atoms with Gasteiger partial charge in [0.05, 0.1) is 16.7 Å². The Bertz CT molecular complexity index is 2170. The lowest BCUT2D eigenvalue weighted by atomic mass is 9.78. The molecule has 0 bridgehead atoms. The van der Waals surface area contributed by atoms with E-state index in [1.807, 2.05) is 0 Å². The van der Waals surface area contributed by atoms with Crippen molar-refractivity contribution < 1.29 is 0 Å². The highest BCUT2D eigenvalue weighted by Gasteiger charge is 2.39. The molecule has 0 amide bonds. The Morgan fingerprint density at radius 3 is 2.18 bits per heavy atom. The van der Waals surface area contributed by atoms with Crippen LogP contribution in [0, 0.1) is 0 Å². The first-order chi connectivity index (χ1) is 19.1. The van der Waals surface area contributed by atoms with Crippen LogP contribution in [0.15, 0.2) is 115 Å². The zero-order valence-corrected chi connectivity index (χ0v) is 22.1. The van der Waals surface area contributed by atoms with Crippen LogP contribution in [-0.4, -0.2) is 4.57 Å². The highest BCUT2D eigenvalue weighted by Crippen LogP contribution is 2.55. The maximum atomic E-state index is 2.53. The third kappa shape index (κ3) is 2.60. The number of aromatic nitrogens is 1. The SMILES string of the molecule is CC1(C)c2c(ccc3ccccc23)-c2ccc3c(c21)c1ccccc1n3-c1cccc2c1-c1ccccc1C2. The molecular weight excluding hydrogens is 470 g/mol. The molecule has 184 valence electrons. The van der Waals surface area contributed by atoms with E-state index in [0.717, 1.165) is 6.42 Å². The highest BCUT2D eigenvalue weighted by atomic mass is 15.0. The van der Waals surface area contributed by atoms with Crippen LogP contribution < -0.4 is 0 Å². The van der Waals surface area contributed by atoms with E-state index in [9.17, 15) is 0 Å². The second-order valence-electron chi connectivity index (χ2n) is 11.7. The van der Waals surface area contributed by atoms with Crippen LogP contribution in [0.4, 0.5) is 0 Å². The summed E-state index contributed by atoms with van der Waals surface area (Å²) in [6.45, 7) is 4.85. The molecule has 0 radical (unpaired) electrons. The average molecular weight is 498 g/mol. The van der Waals surface area contributed by atoms with Crippen molar-refractivity contribution in [1.82, 2.24) is 4.57 Å². The van der Waals surface area contributed by atoms with Gasteiger partial charge in [-0.05, 0) is 74.3 Å². The lowest BCUT2D eigenvalue weighted by molar-refractivity contribution is 0.672. The molecule has 0 fully saturated rings. The number of fused-ring (bicyclic) bond motifs is 12. The summed E-state index contributed by atoms with van der Waals surface area (Å²) in [4.78, 5) is 0. The molecule has 1 nitrogen and oxygen atoms in total. The molecule has 0 saturated heterocycles. The first-order valence-corrected chi connectivity index (χ1v) is 13.9. The fourth-order valence-electron chi connectivity index (χ4n) is 7.84. The first kappa shape index (κ1) is 21.3. The summed E-state index contributed by atoms with van der Waals surface area (Å²) in [5.41, 5.74) is 15.0. The molecule has 39 heavy (non-hydrogen) atoms. The molecule has 0 atom stereocenters. The maximum absolute atomic E-state index is 2.53. The maximum Gasteiger partial charge on any atom is 0.0544 e. The fourth-order valence-corrected chi connectivity index (χ4v) is 7.84. The van der Waals surface area contributed by atoms with Gasteiger partial charge in [-0.25, -0.2) is 0 Å². The molecule has 0 aliphatic heterocycles. The molecule has 6 aromatic carbocycles. The summed E-state index contributed by atoms with van der Waals surface area (Å²) < 4.78 is 2.53. The van der Waals surface area contributed by atoms with Gasteiger partial charge in [-0.2, -0.15) is 0 Å². The lowest BCUT2D eigenvalue weighted by Gasteiger charge is -2.24. The number of nitrogens with zero attached hydrogens (tertiary/aromatic N) is 1. The molecule has 1 heterocycles. The number of rotatable bonds is 1. The minimum absolute atomic E-state index is 0.120. The van der Waals surface area contributed by atoms with E-state index in [4.69, 9.17) is 0 Å². The Labute approximate surface area is 228 Å². The van der Waals surface area contributed by atoms with E-state index in [1.165, 1.54) is 82.8 Å². The van der Waals surface area contributed by atoms with Crippen molar-refractivity contribution in [3.05, 3.63) is 138 Å². The lowest BCUT2D eigenvalue weighted by Crippen LogP contribution is -2.16. The standard InChI is InChI=1S/C38H27N/c1-38(2)36-27-14-6-3-10-23(27)18-19-28(36)29-20-21-33-35(37(29)38)30-15-7-8-16-31(30)39(33)32-17-9-12-25-22-24-11-4-5-13-26(24)34(25)32/h3-21H,22H2,1-2H3. The van der Waals surface area contributed by atoms with Crippen LogP contribution in [0.3, 0.4) is 0 Å². The van der Waals surface area contributed by atoms with Gasteiger partial charge in [0.15, 0.2) is 0 Å². The Balaban J connectivity index is 1.42. The van der Waals surface area contributed by atoms with Crippen molar-refractivity contribution in [3.63, 3.8) is 0 Å². The van der Waals surface area contributed by atoms with Gasteiger partial charge in [-0.3, -0.25) is 0 Å². The predicted octanol–water partition coefficient (Wildman–Crippen LogP) is 9.81. The molecule has 0 spiro atoms. The summed E-state index contributed by atoms with van der Waals surface area (Å²) >= 11 is 0. The van der Waals surface area contributed by atoms with Crippen molar-refractivity contribution >= 4 is 32.6 Å². The van der Waals surface area contributed by atoms with Gasteiger partial charge < -0.3 is 4.57 Å². The fraction of sp³-hybridized carbons (Fsp3) is 0.105. The summed E-state index contributed by atoms with van der Waals surface area (Å²) in [7, 11) is 0. The zero-order chi connectivity index (χ0) is 25.9. The van der Waals surface area contributed by atoms with E-state index in [0.29, 0.717) is 0 Å². The molecule has 0 unspecified atom stereocenters. The van der Waals surface area contributed by atoms with E-state index in [-0.39, 0.29) is 5.41 Å². The van der Waals surface area contributed by atoms with Crippen LogP contribution in [0.2, 0.25) is 0 Å². The molecule has 2 aliphatic rings. The van der Waals surface area contributed by atoms with Crippen molar-refractivity contribution in [2.45, 2.75) is 25.7 Å². The van der Waals surface area contributed by atoms with Crippen molar-refractivity contribution in [2.75, 3.05) is 0 Å². The van der Waals surface area contributed by atoms with Crippen LogP contribution in [0.1, 0.15) is 36.1 Å². The Morgan fingerprint density at radius 2 is 1.26 bits per heavy atom. The van der Waals surface area contributed by atoms with Crippen molar-refractivity contribution in [1.29, 1.82) is 0 Å². The van der Waals surface area contributed by atoms with E-state index >= 15 is 0 Å². The largest absolute Gasteiger partial charge is 0.309 e. The summed E-state index contributed by atoms with van der Waals surface area (Å²) in [6, 6.07) is 43.0. The third-order valence-corrected chi connectivity index (χ3v) is 9.35. The molecule has 1 aromatic heterocycles. The first-order valence-electron chi connectivity index (χ1n) is 13.9. The molecule has 9 rings (SSSR count). The number of hydrogen-bond acceptors (Lipinski definition) is 0. The van der Waals surface area contributed by atoms with Crippen LogP contribution in [0.5, 0.6) is 0 Å². The van der Waals surface area contributed by atoms with Gasteiger partial charge in [0, 0.05) is 21.8 Å².